The SMILES string of the molecule is CNC(=O)CN(CCc1cccc(OCc2cccc(C)c2)c1)Cc1ccco1. The van der Waals surface area contributed by atoms with Crippen LogP contribution in [0.25, 0.3) is 0 Å². The Labute approximate surface area is 172 Å². The summed E-state index contributed by atoms with van der Waals surface area (Å²) in [5, 5.41) is 2.69. The third-order valence-electron chi connectivity index (χ3n) is 4.71. The van der Waals surface area contributed by atoms with E-state index in [9.17, 15) is 4.79 Å². The first-order valence-electron chi connectivity index (χ1n) is 9.85. The van der Waals surface area contributed by atoms with E-state index in [1.807, 2.05) is 30.3 Å². The zero-order valence-corrected chi connectivity index (χ0v) is 17.1. The van der Waals surface area contributed by atoms with Crippen molar-refractivity contribution in [2.75, 3.05) is 20.1 Å². The van der Waals surface area contributed by atoms with Crippen molar-refractivity contribution in [3.05, 3.63) is 89.4 Å². The van der Waals surface area contributed by atoms with E-state index in [2.05, 4.69) is 47.5 Å². The van der Waals surface area contributed by atoms with E-state index >= 15 is 0 Å². The van der Waals surface area contributed by atoms with E-state index in [1.165, 1.54) is 11.1 Å². The summed E-state index contributed by atoms with van der Waals surface area (Å²) in [7, 11) is 1.66. The number of likely N-dealkylation sites (N-methyl/N-ethyl adjacent to an activating group) is 1. The molecule has 0 radical (unpaired) electrons. The first kappa shape index (κ1) is 20.7. The second-order valence-corrected chi connectivity index (χ2v) is 7.14. The van der Waals surface area contributed by atoms with Gasteiger partial charge in [0.2, 0.25) is 5.91 Å². The number of benzene rings is 2. The second-order valence-electron chi connectivity index (χ2n) is 7.14. The Hall–Kier alpha value is -3.05. The Morgan fingerprint density at radius 2 is 1.90 bits per heavy atom. The van der Waals surface area contributed by atoms with Crippen molar-refractivity contribution in [3.63, 3.8) is 0 Å². The van der Waals surface area contributed by atoms with E-state index in [0.29, 0.717) is 19.7 Å². The highest BCUT2D eigenvalue weighted by Gasteiger charge is 2.12. The Bertz CT molecular complexity index is 906. The van der Waals surface area contributed by atoms with Gasteiger partial charge in [0.15, 0.2) is 0 Å². The lowest BCUT2D eigenvalue weighted by atomic mass is 10.1. The molecule has 0 saturated heterocycles. The lowest BCUT2D eigenvalue weighted by molar-refractivity contribution is -0.121. The molecular weight excluding hydrogens is 364 g/mol. The van der Waals surface area contributed by atoms with Crippen LogP contribution < -0.4 is 10.1 Å². The molecule has 0 aliphatic heterocycles. The summed E-state index contributed by atoms with van der Waals surface area (Å²) < 4.78 is 11.4. The first-order valence-corrected chi connectivity index (χ1v) is 9.85. The molecule has 0 fully saturated rings. The highest BCUT2D eigenvalue weighted by Crippen LogP contribution is 2.17. The molecule has 1 N–H and O–H groups in total. The van der Waals surface area contributed by atoms with Gasteiger partial charge < -0.3 is 14.5 Å². The van der Waals surface area contributed by atoms with Crippen molar-refractivity contribution in [1.29, 1.82) is 0 Å². The van der Waals surface area contributed by atoms with Crippen LogP contribution in [0.4, 0.5) is 0 Å². The van der Waals surface area contributed by atoms with Crippen molar-refractivity contribution in [3.8, 4) is 5.75 Å². The lowest BCUT2D eigenvalue weighted by Crippen LogP contribution is -2.36. The number of ether oxygens (including phenoxy) is 1. The fraction of sp³-hybridized carbons (Fsp3) is 0.292. The summed E-state index contributed by atoms with van der Waals surface area (Å²) in [6.07, 6.45) is 2.47. The van der Waals surface area contributed by atoms with Crippen LogP contribution in [0.3, 0.4) is 0 Å². The van der Waals surface area contributed by atoms with Gasteiger partial charge in [-0.25, -0.2) is 0 Å². The molecule has 0 atom stereocenters. The van der Waals surface area contributed by atoms with Gasteiger partial charge in [-0.2, -0.15) is 0 Å². The maximum Gasteiger partial charge on any atom is 0.233 e. The number of nitrogens with one attached hydrogen (secondary N) is 1. The third kappa shape index (κ3) is 6.80. The summed E-state index contributed by atoms with van der Waals surface area (Å²) in [4.78, 5) is 13.9. The monoisotopic (exact) mass is 392 g/mol. The molecule has 152 valence electrons. The molecule has 1 aromatic heterocycles. The number of hydrogen-bond donors (Lipinski definition) is 1. The average molecular weight is 392 g/mol. The van der Waals surface area contributed by atoms with E-state index in [0.717, 1.165) is 30.0 Å². The molecule has 1 amide bonds. The molecule has 0 bridgehead atoms. The fourth-order valence-corrected chi connectivity index (χ4v) is 3.17. The van der Waals surface area contributed by atoms with Gasteiger partial charge in [-0.1, -0.05) is 42.0 Å². The number of furan rings is 1. The minimum absolute atomic E-state index is 0.00760. The van der Waals surface area contributed by atoms with Crippen molar-refractivity contribution in [2.24, 2.45) is 0 Å². The minimum Gasteiger partial charge on any atom is -0.489 e. The molecule has 5 heteroatoms. The zero-order chi connectivity index (χ0) is 20.5. The normalized spacial score (nSPS) is 10.9. The van der Waals surface area contributed by atoms with Crippen LogP contribution >= 0.6 is 0 Å². The Balaban J connectivity index is 1.57. The van der Waals surface area contributed by atoms with Crippen molar-refractivity contribution in [2.45, 2.75) is 26.5 Å². The fourth-order valence-electron chi connectivity index (χ4n) is 3.17. The molecule has 0 spiro atoms. The van der Waals surface area contributed by atoms with Crippen molar-refractivity contribution >= 4 is 5.91 Å². The number of carbonyl (C=O) groups is 1. The summed E-state index contributed by atoms with van der Waals surface area (Å²) in [5.41, 5.74) is 3.56. The van der Waals surface area contributed by atoms with Gasteiger partial charge in [0.05, 0.1) is 19.4 Å². The van der Waals surface area contributed by atoms with E-state index < -0.39 is 0 Å². The number of hydrogen-bond acceptors (Lipinski definition) is 4. The maximum absolute atomic E-state index is 11.9. The van der Waals surface area contributed by atoms with Crippen LogP contribution in [0.15, 0.2) is 71.3 Å². The van der Waals surface area contributed by atoms with Gasteiger partial charge in [0.1, 0.15) is 18.1 Å². The third-order valence-corrected chi connectivity index (χ3v) is 4.71. The quantitative estimate of drug-likeness (QED) is 0.567. The van der Waals surface area contributed by atoms with Crippen LogP contribution in [0.1, 0.15) is 22.5 Å². The largest absolute Gasteiger partial charge is 0.489 e. The molecule has 2 aromatic carbocycles. The summed E-state index contributed by atoms with van der Waals surface area (Å²) in [6.45, 7) is 4.31. The molecular formula is C24H28N2O3. The summed E-state index contributed by atoms with van der Waals surface area (Å²) in [6, 6.07) is 20.3. The van der Waals surface area contributed by atoms with Gasteiger partial charge in [0, 0.05) is 13.6 Å². The van der Waals surface area contributed by atoms with Gasteiger partial charge in [-0.05, 0) is 48.7 Å². The number of carbonyl (C=O) groups excluding carboxylic acids is 1. The molecule has 5 nitrogen and oxygen atoms in total. The maximum atomic E-state index is 11.9. The smallest absolute Gasteiger partial charge is 0.233 e. The topological polar surface area (TPSA) is 54.7 Å². The zero-order valence-electron chi connectivity index (χ0n) is 17.1. The Kier molecular flexibility index (Phi) is 7.47. The summed E-state index contributed by atoms with van der Waals surface area (Å²) >= 11 is 0. The molecule has 3 rings (SSSR count). The van der Waals surface area contributed by atoms with Crippen molar-refractivity contribution in [1.82, 2.24) is 10.2 Å². The van der Waals surface area contributed by atoms with Crippen LogP contribution in [0.5, 0.6) is 5.75 Å². The number of amides is 1. The van der Waals surface area contributed by atoms with E-state index in [4.69, 9.17) is 9.15 Å². The standard InChI is InChI=1S/C24H28N2O3/c1-19-6-3-8-21(14-19)18-29-22-9-4-7-20(15-22)11-12-26(17-24(27)25-2)16-23-10-5-13-28-23/h3-10,13-15H,11-12,16-18H2,1-2H3,(H,25,27). The number of rotatable bonds is 10. The van der Waals surface area contributed by atoms with Crippen LogP contribution in [-0.4, -0.2) is 30.9 Å². The molecule has 0 saturated carbocycles. The Morgan fingerprint density at radius 1 is 1.07 bits per heavy atom. The van der Waals surface area contributed by atoms with Crippen LogP contribution in [-0.2, 0) is 24.4 Å². The van der Waals surface area contributed by atoms with Gasteiger partial charge in [0.25, 0.3) is 0 Å². The first-order chi connectivity index (χ1) is 14.1. The molecule has 1 heterocycles. The molecule has 0 unspecified atom stereocenters. The highest BCUT2D eigenvalue weighted by atomic mass is 16.5. The lowest BCUT2D eigenvalue weighted by Gasteiger charge is -2.20. The van der Waals surface area contributed by atoms with Gasteiger partial charge >= 0.3 is 0 Å². The molecule has 0 aliphatic carbocycles. The number of nitrogens with zero attached hydrogens (tertiary/aromatic N) is 1. The predicted octanol–water partition coefficient (Wildman–Crippen LogP) is 3.96. The highest BCUT2D eigenvalue weighted by molar-refractivity contribution is 5.77. The van der Waals surface area contributed by atoms with Crippen LogP contribution in [0, 0.1) is 6.92 Å². The molecule has 3 aromatic rings. The average Bonchev–Trinajstić information content (AvgIpc) is 3.24. The summed E-state index contributed by atoms with van der Waals surface area (Å²) in [5.74, 6) is 1.70. The van der Waals surface area contributed by atoms with Gasteiger partial charge in [-0.15, -0.1) is 0 Å². The van der Waals surface area contributed by atoms with Crippen molar-refractivity contribution < 1.29 is 13.9 Å². The van der Waals surface area contributed by atoms with Crippen LogP contribution in [0.2, 0.25) is 0 Å². The van der Waals surface area contributed by atoms with E-state index in [1.54, 1.807) is 13.3 Å². The van der Waals surface area contributed by atoms with E-state index in [-0.39, 0.29) is 5.91 Å². The molecule has 0 aliphatic rings. The molecule has 29 heavy (non-hydrogen) atoms. The predicted molar refractivity (Wildman–Crippen MR) is 114 cm³/mol. The Morgan fingerprint density at radius 3 is 2.66 bits per heavy atom. The minimum atomic E-state index is -0.00760. The number of aryl methyl sites for hydroxylation is 1. The second kappa shape index (κ2) is 10.5. The van der Waals surface area contributed by atoms with Gasteiger partial charge in [-0.3, -0.25) is 9.69 Å².